The van der Waals surface area contributed by atoms with E-state index in [4.69, 9.17) is 20.4 Å². The molecule has 1 aromatic carbocycles. The molecule has 0 spiro atoms. The third-order valence-corrected chi connectivity index (χ3v) is 3.11. The van der Waals surface area contributed by atoms with Crippen LogP contribution in [0.4, 0.5) is 0 Å². The van der Waals surface area contributed by atoms with Crippen LogP contribution in [0.15, 0.2) is 23.4 Å². The number of ether oxygens (including phenoxy) is 2. The smallest absolute Gasteiger partial charge is 0.161 e. The zero-order valence-electron chi connectivity index (χ0n) is 12.3. The van der Waals surface area contributed by atoms with Gasteiger partial charge in [0.15, 0.2) is 11.5 Å². The van der Waals surface area contributed by atoms with Crippen LogP contribution in [0.5, 0.6) is 11.5 Å². The highest BCUT2D eigenvalue weighted by Gasteiger charge is 2.08. The highest BCUT2D eigenvalue weighted by atomic mass is 16.5. The predicted molar refractivity (Wildman–Crippen MR) is 78.5 cm³/mol. The summed E-state index contributed by atoms with van der Waals surface area (Å²) in [5, 5.41) is 11.5. The fourth-order valence-electron chi connectivity index (χ4n) is 1.91. The molecule has 0 aliphatic rings. The van der Waals surface area contributed by atoms with Crippen molar-refractivity contribution in [2.24, 2.45) is 10.9 Å². The van der Waals surface area contributed by atoms with E-state index in [2.05, 4.69) is 17.0 Å². The van der Waals surface area contributed by atoms with E-state index in [1.54, 1.807) is 14.2 Å². The molecule has 1 aromatic rings. The minimum Gasteiger partial charge on any atom is -0.493 e. The zero-order chi connectivity index (χ0) is 15.0. The topological polar surface area (TPSA) is 80.3 Å². The van der Waals surface area contributed by atoms with Gasteiger partial charge in [0.1, 0.15) is 5.84 Å². The molecule has 0 saturated heterocycles. The summed E-state index contributed by atoms with van der Waals surface area (Å²) in [5.74, 6) is 1.68. The van der Waals surface area contributed by atoms with Gasteiger partial charge < -0.3 is 20.4 Å². The van der Waals surface area contributed by atoms with E-state index >= 15 is 0 Å². The number of benzene rings is 1. The standard InChI is InChI=1S/C14H23N3O3/c1-4-17(8-7-14(15)16-18)10-11-5-6-12(19-2)13(9-11)20-3/h5-6,9,18H,4,7-8,10H2,1-3H3,(H2,15,16). The van der Waals surface area contributed by atoms with Gasteiger partial charge in [-0.3, -0.25) is 4.90 Å². The van der Waals surface area contributed by atoms with E-state index < -0.39 is 0 Å². The molecule has 0 atom stereocenters. The van der Waals surface area contributed by atoms with Crippen molar-refractivity contribution in [2.75, 3.05) is 27.3 Å². The lowest BCUT2D eigenvalue weighted by Crippen LogP contribution is -2.27. The summed E-state index contributed by atoms with van der Waals surface area (Å²) in [7, 11) is 3.24. The maximum atomic E-state index is 8.55. The molecule has 1 rings (SSSR count). The summed E-state index contributed by atoms with van der Waals surface area (Å²) in [6, 6.07) is 5.87. The van der Waals surface area contributed by atoms with E-state index in [1.807, 2.05) is 18.2 Å². The lowest BCUT2D eigenvalue weighted by atomic mass is 10.2. The second kappa shape index (κ2) is 8.27. The molecule has 6 nitrogen and oxygen atoms in total. The van der Waals surface area contributed by atoms with Crippen molar-refractivity contribution in [3.8, 4) is 11.5 Å². The monoisotopic (exact) mass is 281 g/mol. The average Bonchev–Trinajstić information content (AvgIpc) is 2.50. The molecule has 3 N–H and O–H groups in total. The van der Waals surface area contributed by atoms with Gasteiger partial charge in [-0.25, -0.2) is 0 Å². The number of oxime groups is 1. The van der Waals surface area contributed by atoms with E-state index in [0.717, 1.165) is 36.7 Å². The Hall–Kier alpha value is -1.95. The Labute approximate surface area is 119 Å². The normalized spacial score (nSPS) is 11.7. The van der Waals surface area contributed by atoms with Crippen molar-refractivity contribution in [1.82, 2.24) is 4.90 Å². The molecule has 20 heavy (non-hydrogen) atoms. The van der Waals surface area contributed by atoms with Crippen LogP contribution in [0.1, 0.15) is 18.9 Å². The predicted octanol–water partition coefficient (Wildman–Crippen LogP) is 1.66. The lowest BCUT2D eigenvalue weighted by Gasteiger charge is -2.20. The van der Waals surface area contributed by atoms with Crippen LogP contribution in [0.25, 0.3) is 0 Å². The van der Waals surface area contributed by atoms with Gasteiger partial charge in [0.2, 0.25) is 0 Å². The third-order valence-electron chi connectivity index (χ3n) is 3.11. The van der Waals surface area contributed by atoms with E-state index in [0.29, 0.717) is 6.42 Å². The van der Waals surface area contributed by atoms with Crippen LogP contribution in [0.2, 0.25) is 0 Å². The first-order valence-corrected chi connectivity index (χ1v) is 6.54. The Kier molecular flexibility index (Phi) is 6.66. The molecule has 0 unspecified atom stereocenters. The number of methoxy groups -OCH3 is 2. The average molecular weight is 281 g/mol. The molecule has 6 heteroatoms. The summed E-state index contributed by atoms with van der Waals surface area (Å²) in [4.78, 5) is 2.21. The van der Waals surface area contributed by atoms with Gasteiger partial charge in [0, 0.05) is 19.5 Å². The van der Waals surface area contributed by atoms with Crippen molar-refractivity contribution in [3.05, 3.63) is 23.8 Å². The van der Waals surface area contributed by atoms with Crippen LogP contribution >= 0.6 is 0 Å². The molecular weight excluding hydrogens is 258 g/mol. The highest BCUT2D eigenvalue weighted by Crippen LogP contribution is 2.27. The summed E-state index contributed by atoms with van der Waals surface area (Å²) in [6.07, 6.45) is 0.539. The SMILES string of the molecule is CCN(CCC(N)=NO)Cc1ccc(OC)c(OC)c1. The van der Waals surface area contributed by atoms with Gasteiger partial charge in [-0.2, -0.15) is 0 Å². The number of nitrogens with two attached hydrogens (primary N) is 1. The van der Waals surface area contributed by atoms with Gasteiger partial charge in [-0.05, 0) is 24.2 Å². The van der Waals surface area contributed by atoms with Gasteiger partial charge >= 0.3 is 0 Å². The van der Waals surface area contributed by atoms with E-state index in [-0.39, 0.29) is 5.84 Å². The molecule has 0 fully saturated rings. The number of hydrogen-bond donors (Lipinski definition) is 2. The summed E-state index contributed by atoms with van der Waals surface area (Å²) in [6.45, 7) is 4.47. The summed E-state index contributed by atoms with van der Waals surface area (Å²) < 4.78 is 10.5. The first-order chi connectivity index (χ1) is 9.64. The second-order valence-corrected chi connectivity index (χ2v) is 4.40. The van der Waals surface area contributed by atoms with Crippen molar-refractivity contribution < 1.29 is 14.7 Å². The van der Waals surface area contributed by atoms with Gasteiger partial charge in [0.25, 0.3) is 0 Å². The molecule has 0 bridgehead atoms. The van der Waals surface area contributed by atoms with Crippen LogP contribution in [-0.4, -0.2) is 43.3 Å². The third kappa shape index (κ3) is 4.62. The number of hydrogen-bond acceptors (Lipinski definition) is 5. The van der Waals surface area contributed by atoms with Gasteiger partial charge in [-0.15, -0.1) is 0 Å². The van der Waals surface area contributed by atoms with Gasteiger partial charge in [-0.1, -0.05) is 18.1 Å². The fourth-order valence-corrected chi connectivity index (χ4v) is 1.91. The summed E-state index contributed by atoms with van der Waals surface area (Å²) >= 11 is 0. The van der Waals surface area contributed by atoms with Crippen LogP contribution in [0, 0.1) is 0 Å². The highest BCUT2D eigenvalue weighted by molar-refractivity contribution is 5.79. The molecule has 0 aliphatic heterocycles. The minimum atomic E-state index is 0.246. The minimum absolute atomic E-state index is 0.246. The Bertz CT molecular complexity index is 449. The van der Waals surface area contributed by atoms with Crippen LogP contribution in [-0.2, 0) is 6.54 Å². The first kappa shape index (κ1) is 16.1. The largest absolute Gasteiger partial charge is 0.493 e. The molecule has 0 aliphatic carbocycles. The molecule has 0 saturated carbocycles. The molecule has 0 amide bonds. The zero-order valence-corrected chi connectivity index (χ0v) is 12.3. The number of amidine groups is 1. The van der Waals surface area contributed by atoms with E-state index in [1.165, 1.54) is 0 Å². The van der Waals surface area contributed by atoms with E-state index in [9.17, 15) is 0 Å². The first-order valence-electron chi connectivity index (χ1n) is 6.54. The Morgan fingerprint density at radius 3 is 2.55 bits per heavy atom. The van der Waals surface area contributed by atoms with Crippen molar-refractivity contribution in [2.45, 2.75) is 19.9 Å². The fraction of sp³-hybridized carbons (Fsp3) is 0.500. The number of nitrogens with zero attached hydrogens (tertiary/aromatic N) is 2. The maximum absolute atomic E-state index is 8.55. The Morgan fingerprint density at radius 1 is 1.30 bits per heavy atom. The van der Waals surface area contributed by atoms with Crippen LogP contribution < -0.4 is 15.2 Å². The number of rotatable bonds is 8. The molecule has 0 aromatic heterocycles. The van der Waals surface area contributed by atoms with Crippen molar-refractivity contribution in [3.63, 3.8) is 0 Å². The summed E-state index contributed by atoms with van der Waals surface area (Å²) in [5.41, 5.74) is 6.62. The van der Waals surface area contributed by atoms with Gasteiger partial charge in [0.05, 0.1) is 14.2 Å². The molecule has 112 valence electrons. The molecular formula is C14H23N3O3. The Morgan fingerprint density at radius 2 is 2.00 bits per heavy atom. The second-order valence-electron chi connectivity index (χ2n) is 4.40. The quantitative estimate of drug-likeness (QED) is 0.328. The van der Waals surface area contributed by atoms with Crippen molar-refractivity contribution in [1.29, 1.82) is 0 Å². The lowest BCUT2D eigenvalue weighted by molar-refractivity contribution is 0.282. The Balaban J connectivity index is 2.69. The molecule has 0 radical (unpaired) electrons. The maximum Gasteiger partial charge on any atom is 0.161 e. The van der Waals surface area contributed by atoms with Crippen molar-refractivity contribution >= 4 is 5.84 Å². The van der Waals surface area contributed by atoms with Crippen LogP contribution in [0.3, 0.4) is 0 Å². The molecule has 0 heterocycles.